The molecule has 3 aliphatic heterocycles. The van der Waals surface area contributed by atoms with Gasteiger partial charge >= 0.3 is 0 Å². The van der Waals surface area contributed by atoms with E-state index in [-0.39, 0.29) is 36.5 Å². The van der Waals surface area contributed by atoms with Crippen LogP contribution in [0.5, 0.6) is 0 Å². The van der Waals surface area contributed by atoms with Gasteiger partial charge < -0.3 is 20.2 Å². The Morgan fingerprint density at radius 1 is 0.913 bits per heavy atom. The number of para-hydroxylation sites is 1. The molecule has 3 fully saturated rings. The molecule has 4 heterocycles. The number of hydrogen-bond acceptors (Lipinski definition) is 3. The molecule has 3 aromatic carbocycles. The van der Waals surface area contributed by atoms with Gasteiger partial charge in [-0.05, 0) is 37.0 Å². The second-order valence-electron chi connectivity index (χ2n) is 13.3. The fourth-order valence-corrected chi connectivity index (χ4v) is 7.96. The molecule has 2 amide bonds. The number of rotatable bonds is 11. The van der Waals surface area contributed by atoms with E-state index in [0.29, 0.717) is 22.9 Å². The number of aliphatic hydroxyl groups excluding tert-OH is 1. The Bertz CT molecular complexity index is 1690. The number of benzene rings is 3. The fraction of sp³-hybridized carbons (Fsp3) is 0.359. The monoisotopic (exact) mass is 618 g/mol. The molecule has 7 heteroatoms. The zero-order chi connectivity index (χ0) is 32.3. The number of piperidine rings is 3. The van der Waals surface area contributed by atoms with Gasteiger partial charge in [-0.25, -0.2) is 0 Å². The van der Waals surface area contributed by atoms with Crippen LogP contribution in [0.15, 0.2) is 110 Å². The SMILES string of the molecule is C=C[C@H]1C[N@+]2(CC(=O)N[C@@H](C)c3ccccc3)CC[C@H]1C[C@@H]2[C@@H](O)c1cc[n+](CC(=O)N[C@@H](C)c2ccccc2)c2ccccc12. The number of fused-ring (bicyclic) bond motifs is 4. The van der Waals surface area contributed by atoms with E-state index in [4.69, 9.17) is 0 Å². The van der Waals surface area contributed by atoms with Crippen molar-refractivity contribution >= 4 is 22.7 Å². The minimum absolute atomic E-state index is 0.00298. The average molecular weight is 619 g/mol. The molecule has 7 nitrogen and oxygen atoms in total. The summed E-state index contributed by atoms with van der Waals surface area (Å²) in [6.45, 7) is 10.3. The molecule has 4 aromatic rings. The molecule has 46 heavy (non-hydrogen) atoms. The number of pyridine rings is 1. The van der Waals surface area contributed by atoms with E-state index in [2.05, 4.69) is 23.3 Å². The van der Waals surface area contributed by atoms with Crippen molar-refractivity contribution in [2.24, 2.45) is 11.8 Å². The molecule has 0 saturated carbocycles. The van der Waals surface area contributed by atoms with Gasteiger partial charge in [-0.15, -0.1) is 6.58 Å². The summed E-state index contributed by atoms with van der Waals surface area (Å²) < 4.78 is 2.49. The summed E-state index contributed by atoms with van der Waals surface area (Å²) in [5.74, 6) is 0.691. The Morgan fingerprint density at radius 3 is 2.17 bits per heavy atom. The number of hydrogen-bond donors (Lipinski definition) is 3. The second kappa shape index (κ2) is 13.6. The van der Waals surface area contributed by atoms with Crippen LogP contribution in [0.2, 0.25) is 0 Å². The van der Waals surface area contributed by atoms with Crippen LogP contribution in [-0.4, -0.2) is 47.1 Å². The van der Waals surface area contributed by atoms with Crippen LogP contribution < -0.4 is 15.2 Å². The van der Waals surface area contributed by atoms with Crippen molar-refractivity contribution in [1.29, 1.82) is 0 Å². The van der Waals surface area contributed by atoms with E-state index in [9.17, 15) is 14.7 Å². The highest BCUT2D eigenvalue weighted by Crippen LogP contribution is 2.47. The smallest absolute Gasteiger partial charge is 0.286 e. The highest BCUT2D eigenvalue weighted by atomic mass is 16.3. The normalized spacial score (nSPS) is 24.1. The Labute approximate surface area is 272 Å². The van der Waals surface area contributed by atoms with Crippen LogP contribution in [-0.2, 0) is 16.1 Å². The molecular formula is C39H46N4O3+2. The number of aromatic nitrogens is 1. The summed E-state index contributed by atoms with van der Waals surface area (Å²) in [7, 11) is 0. The van der Waals surface area contributed by atoms with E-state index in [1.807, 2.05) is 116 Å². The topological polar surface area (TPSA) is 82.3 Å². The van der Waals surface area contributed by atoms with E-state index in [0.717, 1.165) is 53.5 Å². The minimum atomic E-state index is -0.764. The predicted octanol–water partition coefficient (Wildman–Crippen LogP) is 5.33. The van der Waals surface area contributed by atoms with Crippen molar-refractivity contribution < 1.29 is 23.7 Å². The molecule has 7 atom stereocenters. The van der Waals surface area contributed by atoms with Gasteiger partial charge in [0.1, 0.15) is 12.1 Å². The third kappa shape index (κ3) is 6.48. The first kappa shape index (κ1) is 31.6. The molecule has 0 radical (unpaired) electrons. The number of nitrogens with zero attached hydrogens (tertiary/aromatic N) is 2. The Morgan fingerprint density at radius 2 is 1.52 bits per heavy atom. The molecule has 3 N–H and O–H groups in total. The van der Waals surface area contributed by atoms with Gasteiger partial charge in [0.15, 0.2) is 12.7 Å². The van der Waals surface area contributed by atoms with Gasteiger partial charge in [0.05, 0.1) is 30.6 Å². The van der Waals surface area contributed by atoms with Crippen LogP contribution in [0, 0.1) is 11.8 Å². The Kier molecular flexibility index (Phi) is 9.34. The number of carbonyl (C=O) groups is 2. The lowest BCUT2D eigenvalue weighted by atomic mass is 9.71. The zero-order valence-corrected chi connectivity index (χ0v) is 26.9. The third-order valence-electron chi connectivity index (χ3n) is 10.4. The number of carbonyl (C=O) groups excluding carboxylic acids is 2. The lowest BCUT2D eigenvalue weighted by Gasteiger charge is -2.57. The maximum atomic E-state index is 13.6. The van der Waals surface area contributed by atoms with Crippen molar-refractivity contribution in [3.8, 4) is 0 Å². The van der Waals surface area contributed by atoms with Crippen LogP contribution in [0.1, 0.15) is 61.6 Å². The average Bonchev–Trinajstić information content (AvgIpc) is 3.08. The Hall–Kier alpha value is -4.33. The molecule has 2 bridgehead atoms. The van der Waals surface area contributed by atoms with Gasteiger partial charge in [-0.3, -0.25) is 9.59 Å². The molecule has 3 aliphatic rings. The molecule has 0 spiro atoms. The van der Waals surface area contributed by atoms with Crippen LogP contribution in [0.4, 0.5) is 0 Å². The highest BCUT2D eigenvalue weighted by molar-refractivity contribution is 5.81. The summed E-state index contributed by atoms with van der Waals surface area (Å²) in [6.07, 6.45) is 5.05. The van der Waals surface area contributed by atoms with Crippen LogP contribution in [0.3, 0.4) is 0 Å². The number of quaternary nitrogens is 1. The van der Waals surface area contributed by atoms with Crippen LogP contribution >= 0.6 is 0 Å². The summed E-state index contributed by atoms with van der Waals surface area (Å²) >= 11 is 0. The van der Waals surface area contributed by atoms with Gasteiger partial charge in [-0.1, -0.05) is 78.9 Å². The van der Waals surface area contributed by atoms with Crippen molar-refractivity contribution in [2.75, 3.05) is 19.6 Å². The first-order chi connectivity index (χ1) is 22.3. The van der Waals surface area contributed by atoms with Crippen molar-refractivity contribution in [2.45, 2.75) is 57.5 Å². The molecule has 7 rings (SSSR count). The largest absolute Gasteiger partial charge is 0.382 e. The summed E-state index contributed by atoms with van der Waals surface area (Å²) in [5.41, 5.74) is 3.86. The lowest BCUT2D eigenvalue weighted by molar-refractivity contribution is -0.966. The number of nitrogens with one attached hydrogen (secondary N) is 2. The first-order valence-corrected chi connectivity index (χ1v) is 16.5. The fourth-order valence-electron chi connectivity index (χ4n) is 7.96. The predicted molar refractivity (Wildman–Crippen MR) is 180 cm³/mol. The Balaban J connectivity index is 1.24. The zero-order valence-electron chi connectivity index (χ0n) is 26.9. The first-order valence-electron chi connectivity index (χ1n) is 16.5. The van der Waals surface area contributed by atoms with Crippen LogP contribution in [0.25, 0.3) is 10.9 Å². The number of aliphatic hydroxyl groups is 1. The van der Waals surface area contributed by atoms with Crippen molar-refractivity contribution in [1.82, 2.24) is 10.6 Å². The van der Waals surface area contributed by atoms with Crippen molar-refractivity contribution in [3.63, 3.8) is 0 Å². The summed E-state index contributed by atoms with van der Waals surface area (Å²) in [6, 6.07) is 29.6. The minimum Gasteiger partial charge on any atom is -0.382 e. The van der Waals surface area contributed by atoms with E-state index in [1.54, 1.807) is 0 Å². The molecule has 3 saturated heterocycles. The maximum absolute atomic E-state index is 13.6. The lowest BCUT2D eigenvalue weighted by Crippen LogP contribution is -2.70. The van der Waals surface area contributed by atoms with Crippen molar-refractivity contribution in [3.05, 3.63) is 127 Å². The number of amides is 2. The van der Waals surface area contributed by atoms with Gasteiger partial charge in [-0.2, -0.15) is 4.57 Å². The molecule has 0 unspecified atom stereocenters. The van der Waals surface area contributed by atoms with E-state index in [1.165, 1.54) is 0 Å². The molecular weight excluding hydrogens is 572 g/mol. The third-order valence-corrected chi connectivity index (χ3v) is 10.4. The van der Waals surface area contributed by atoms with E-state index >= 15 is 0 Å². The molecule has 1 aromatic heterocycles. The maximum Gasteiger partial charge on any atom is 0.286 e. The van der Waals surface area contributed by atoms with Gasteiger partial charge in [0.2, 0.25) is 12.1 Å². The highest BCUT2D eigenvalue weighted by Gasteiger charge is 2.55. The standard InChI is InChI=1S/C39H44N4O3/c1-4-29-25-43(26-38(45)41-28(3)31-15-9-6-10-16-31)22-20-32(29)23-36(43)39(46)34-19-21-42(35-18-12-11-17-33(34)35)24-37(44)40-27(2)30-13-7-5-8-14-30/h4-19,21,27-29,32,36,39,46H,1,20,22-26H2,2-3H3/p+2/t27-,28-,29-,32-,36+,39-,43-/m0/s1. The quantitative estimate of drug-likeness (QED) is 0.121. The summed E-state index contributed by atoms with van der Waals surface area (Å²) in [4.78, 5) is 26.8. The van der Waals surface area contributed by atoms with Gasteiger partial charge in [0, 0.05) is 36.5 Å². The van der Waals surface area contributed by atoms with E-state index < -0.39 is 6.10 Å². The summed E-state index contributed by atoms with van der Waals surface area (Å²) in [5, 5.41) is 19.5. The molecule has 238 valence electrons. The molecule has 0 aliphatic carbocycles. The van der Waals surface area contributed by atoms with Gasteiger partial charge in [0.25, 0.3) is 11.8 Å². The second-order valence-corrected chi connectivity index (χ2v) is 13.3.